The van der Waals surface area contributed by atoms with E-state index in [1.165, 1.54) is 10.4 Å². The molecule has 100 valence electrons. The van der Waals surface area contributed by atoms with Crippen LogP contribution in [0.25, 0.3) is 10.8 Å². The molecule has 1 atom stereocenters. The maximum atomic E-state index is 12.2. The number of fused-ring (bicyclic) bond motifs is 1. The van der Waals surface area contributed by atoms with E-state index in [0.29, 0.717) is 15.7 Å². The summed E-state index contributed by atoms with van der Waals surface area (Å²) in [5.74, 6) is -1.55. The van der Waals surface area contributed by atoms with Crippen LogP contribution in [-0.2, 0) is 11.4 Å². The van der Waals surface area contributed by atoms with Gasteiger partial charge in [0.05, 0.1) is 11.4 Å². The molecule has 0 saturated heterocycles. The van der Waals surface area contributed by atoms with Crippen molar-refractivity contribution in [2.45, 2.75) is 4.90 Å². The molecule has 0 fully saturated rings. The standard InChI is InChI=1S/C13H13NO4S/c1-14(2)19(18)11-7-10(13(16)17)12(15)9-6-4-3-5-8(9)11/h3-7,15H,1-2H3,(H,16,17). The van der Waals surface area contributed by atoms with E-state index >= 15 is 0 Å². The largest absolute Gasteiger partial charge is 0.593 e. The van der Waals surface area contributed by atoms with Crippen LogP contribution in [0.5, 0.6) is 5.75 Å². The molecule has 0 saturated carbocycles. The highest BCUT2D eigenvalue weighted by atomic mass is 32.2. The average molecular weight is 279 g/mol. The lowest BCUT2D eigenvalue weighted by Gasteiger charge is -2.18. The van der Waals surface area contributed by atoms with Gasteiger partial charge in [-0.05, 0) is 6.07 Å². The van der Waals surface area contributed by atoms with Gasteiger partial charge in [-0.3, -0.25) is 0 Å². The van der Waals surface area contributed by atoms with Crippen LogP contribution in [0.4, 0.5) is 0 Å². The molecule has 0 bridgehead atoms. The quantitative estimate of drug-likeness (QED) is 0.837. The van der Waals surface area contributed by atoms with Crippen LogP contribution in [0.2, 0.25) is 0 Å². The van der Waals surface area contributed by atoms with Crippen molar-refractivity contribution in [2.75, 3.05) is 14.1 Å². The number of nitrogens with zero attached hydrogens (tertiary/aromatic N) is 1. The third kappa shape index (κ3) is 2.37. The van der Waals surface area contributed by atoms with Gasteiger partial charge in [-0.2, -0.15) is 0 Å². The Balaban J connectivity index is 2.82. The highest BCUT2D eigenvalue weighted by molar-refractivity contribution is 7.89. The zero-order chi connectivity index (χ0) is 14.2. The van der Waals surface area contributed by atoms with Crippen molar-refractivity contribution in [3.63, 3.8) is 0 Å². The van der Waals surface area contributed by atoms with E-state index in [2.05, 4.69) is 0 Å². The van der Waals surface area contributed by atoms with Gasteiger partial charge in [0.25, 0.3) is 0 Å². The highest BCUT2D eigenvalue weighted by Gasteiger charge is 2.24. The predicted octanol–water partition coefficient (Wildman–Crippen LogP) is 1.83. The number of hydrogen-bond acceptors (Lipinski definition) is 4. The fourth-order valence-electron chi connectivity index (χ4n) is 1.83. The molecule has 0 aromatic heterocycles. The number of hydrogen-bond donors (Lipinski definition) is 2. The molecule has 2 aromatic carbocycles. The van der Waals surface area contributed by atoms with Gasteiger partial charge in [0, 0.05) is 30.9 Å². The van der Waals surface area contributed by atoms with Gasteiger partial charge in [0.2, 0.25) is 0 Å². The van der Waals surface area contributed by atoms with E-state index in [1.54, 1.807) is 38.4 Å². The SMILES string of the molecule is CN(C)[S+]([O-])c1cc(C(=O)O)c(O)c2ccccc12. The van der Waals surface area contributed by atoms with Crippen LogP contribution in [0.15, 0.2) is 35.2 Å². The van der Waals surface area contributed by atoms with Crippen LogP contribution < -0.4 is 0 Å². The first kappa shape index (κ1) is 13.7. The Morgan fingerprint density at radius 2 is 1.84 bits per heavy atom. The number of rotatable bonds is 3. The minimum absolute atomic E-state index is 0.246. The lowest BCUT2D eigenvalue weighted by molar-refractivity contribution is 0.0694. The fourth-order valence-corrected chi connectivity index (χ4v) is 2.81. The maximum Gasteiger partial charge on any atom is 0.339 e. The first-order valence-corrected chi connectivity index (χ1v) is 6.61. The molecule has 2 aromatic rings. The number of aromatic carboxylic acids is 1. The molecule has 2 N–H and O–H groups in total. The zero-order valence-corrected chi connectivity index (χ0v) is 11.3. The van der Waals surface area contributed by atoms with E-state index in [-0.39, 0.29) is 11.3 Å². The lowest BCUT2D eigenvalue weighted by Crippen LogP contribution is -2.23. The summed E-state index contributed by atoms with van der Waals surface area (Å²) < 4.78 is 13.7. The van der Waals surface area contributed by atoms with Crippen molar-refractivity contribution >= 4 is 28.1 Å². The van der Waals surface area contributed by atoms with Gasteiger partial charge < -0.3 is 14.8 Å². The molecule has 6 heteroatoms. The van der Waals surface area contributed by atoms with Crippen LogP contribution >= 0.6 is 0 Å². The monoisotopic (exact) mass is 279 g/mol. The average Bonchev–Trinajstić information content (AvgIpc) is 2.38. The molecular weight excluding hydrogens is 266 g/mol. The van der Waals surface area contributed by atoms with Gasteiger partial charge in [-0.1, -0.05) is 18.2 Å². The predicted molar refractivity (Wildman–Crippen MR) is 72.7 cm³/mol. The molecule has 1 unspecified atom stereocenters. The second kappa shape index (κ2) is 5.08. The van der Waals surface area contributed by atoms with Crippen molar-refractivity contribution in [2.24, 2.45) is 0 Å². The molecule has 0 heterocycles. The number of carboxylic acid groups (broad SMARTS) is 1. The topological polar surface area (TPSA) is 83.8 Å². The zero-order valence-electron chi connectivity index (χ0n) is 10.5. The summed E-state index contributed by atoms with van der Waals surface area (Å²) >= 11 is -1.49. The highest BCUT2D eigenvalue weighted by Crippen LogP contribution is 2.34. The van der Waals surface area contributed by atoms with Gasteiger partial charge in [0.1, 0.15) is 11.3 Å². The molecule has 0 aliphatic rings. The van der Waals surface area contributed by atoms with Crippen molar-refractivity contribution in [1.29, 1.82) is 0 Å². The van der Waals surface area contributed by atoms with Crippen molar-refractivity contribution in [3.05, 3.63) is 35.9 Å². The van der Waals surface area contributed by atoms with Crippen LogP contribution in [0.1, 0.15) is 10.4 Å². The molecule has 0 aliphatic heterocycles. The molecule has 2 rings (SSSR count). The summed E-state index contributed by atoms with van der Waals surface area (Å²) in [7, 11) is 3.27. The van der Waals surface area contributed by atoms with E-state index in [1.807, 2.05) is 0 Å². The van der Waals surface area contributed by atoms with Crippen LogP contribution in [-0.4, -0.2) is 39.1 Å². The number of benzene rings is 2. The van der Waals surface area contributed by atoms with Gasteiger partial charge >= 0.3 is 5.97 Å². The van der Waals surface area contributed by atoms with E-state index in [0.717, 1.165) is 0 Å². The van der Waals surface area contributed by atoms with E-state index < -0.39 is 17.3 Å². The summed E-state index contributed by atoms with van der Waals surface area (Å²) in [6.45, 7) is 0. The van der Waals surface area contributed by atoms with Gasteiger partial charge in [0.15, 0.2) is 4.90 Å². The summed E-state index contributed by atoms with van der Waals surface area (Å²) in [6, 6.07) is 8.01. The minimum atomic E-state index is -1.49. The third-order valence-corrected chi connectivity index (χ3v) is 4.11. The number of aromatic hydroxyl groups is 1. The Bertz CT molecular complexity index is 642. The molecule has 0 amide bonds. The lowest BCUT2D eigenvalue weighted by atomic mass is 10.1. The molecule has 0 aliphatic carbocycles. The van der Waals surface area contributed by atoms with Gasteiger partial charge in [-0.15, -0.1) is 4.31 Å². The normalized spacial score (nSPS) is 12.8. The Morgan fingerprint density at radius 3 is 2.37 bits per heavy atom. The van der Waals surface area contributed by atoms with Crippen molar-refractivity contribution in [3.8, 4) is 5.75 Å². The molecule has 0 spiro atoms. The van der Waals surface area contributed by atoms with E-state index in [9.17, 15) is 14.5 Å². The Kier molecular flexibility index (Phi) is 3.66. The molecular formula is C13H13NO4S. The second-order valence-corrected chi connectivity index (χ2v) is 5.85. The third-order valence-electron chi connectivity index (χ3n) is 2.73. The summed E-state index contributed by atoms with van der Waals surface area (Å²) in [4.78, 5) is 11.5. The first-order valence-electron chi connectivity index (χ1n) is 5.50. The van der Waals surface area contributed by atoms with E-state index in [4.69, 9.17) is 5.11 Å². The van der Waals surface area contributed by atoms with Crippen LogP contribution in [0, 0.1) is 0 Å². The summed E-state index contributed by atoms with van der Waals surface area (Å²) in [5.41, 5.74) is -0.246. The first-order chi connectivity index (χ1) is 8.93. The van der Waals surface area contributed by atoms with Crippen molar-refractivity contribution in [1.82, 2.24) is 4.31 Å². The summed E-state index contributed by atoms with van der Waals surface area (Å²) in [6.07, 6.45) is 0. The number of carbonyl (C=O) groups is 1. The minimum Gasteiger partial charge on any atom is -0.593 e. The number of phenols is 1. The Labute approximate surface area is 113 Å². The Morgan fingerprint density at radius 1 is 1.26 bits per heavy atom. The van der Waals surface area contributed by atoms with Crippen LogP contribution in [0.3, 0.4) is 0 Å². The second-order valence-electron chi connectivity index (χ2n) is 4.18. The fraction of sp³-hybridized carbons (Fsp3) is 0.154. The van der Waals surface area contributed by atoms with Crippen molar-refractivity contribution < 1.29 is 19.6 Å². The van der Waals surface area contributed by atoms with Gasteiger partial charge in [-0.25, -0.2) is 4.79 Å². The molecule has 5 nitrogen and oxygen atoms in total. The smallest absolute Gasteiger partial charge is 0.339 e. The Hall–Kier alpha value is -1.76. The maximum absolute atomic E-state index is 12.2. The summed E-state index contributed by atoms with van der Waals surface area (Å²) in [5, 5.41) is 20.0. The molecule has 19 heavy (non-hydrogen) atoms. The molecule has 0 radical (unpaired) electrons. The number of carboxylic acids is 1.